The summed E-state index contributed by atoms with van der Waals surface area (Å²) in [6, 6.07) is 13.5. The predicted octanol–water partition coefficient (Wildman–Crippen LogP) is 5.56. The summed E-state index contributed by atoms with van der Waals surface area (Å²) in [7, 11) is 0. The molecular formula is C16H11BrClNOS. The van der Waals surface area contributed by atoms with Gasteiger partial charge in [0.05, 0.1) is 5.75 Å². The van der Waals surface area contributed by atoms with Gasteiger partial charge in [-0.15, -0.1) is 11.8 Å². The number of aromatic amines is 1. The maximum atomic E-state index is 12.4. The normalized spacial score (nSPS) is 11.0. The van der Waals surface area contributed by atoms with Crippen LogP contribution in [-0.4, -0.2) is 16.5 Å². The van der Waals surface area contributed by atoms with Crippen LogP contribution in [0.4, 0.5) is 0 Å². The first-order valence-electron chi connectivity index (χ1n) is 6.32. The Morgan fingerprint density at radius 2 is 1.95 bits per heavy atom. The zero-order valence-electron chi connectivity index (χ0n) is 10.9. The highest BCUT2D eigenvalue weighted by atomic mass is 79.9. The summed E-state index contributed by atoms with van der Waals surface area (Å²) in [5.74, 6) is 0.522. The minimum absolute atomic E-state index is 0.108. The van der Waals surface area contributed by atoms with Gasteiger partial charge in [0.15, 0.2) is 5.78 Å². The third-order valence-corrected chi connectivity index (χ3v) is 4.90. The molecule has 1 aromatic heterocycles. The number of rotatable bonds is 4. The molecule has 2 nitrogen and oxygen atoms in total. The van der Waals surface area contributed by atoms with E-state index >= 15 is 0 Å². The lowest BCUT2D eigenvalue weighted by atomic mass is 10.1. The molecule has 0 fully saturated rings. The van der Waals surface area contributed by atoms with Crippen molar-refractivity contribution in [3.63, 3.8) is 0 Å². The Morgan fingerprint density at radius 3 is 2.71 bits per heavy atom. The van der Waals surface area contributed by atoms with Crippen LogP contribution in [0, 0.1) is 0 Å². The van der Waals surface area contributed by atoms with Crippen molar-refractivity contribution in [1.29, 1.82) is 0 Å². The number of Topliss-reactive ketones (excluding diaryl/α,β-unsaturated/α-hetero) is 1. The number of carbonyl (C=O) groups excluding carboxylic acids is 1. The molecule has 0 amide bonds. The Balaban J connectivity index is 1.76. The number of fused-ring (bicyclic) bond motifs is 1. The second-order valence-corrected chi connectivity index (χ2v) is 6.96. The molecule has 3 rings (SSSR count). The number of ketones is 1. The molecule has 3 aromatic rings. The lowest BCUT2D eigenvalue weighted by Gasteiger charge is -2.01. The van der Waals surface area contributed by atoms with E-state index in [0.29, 0.717) is 16.3 Å². The van der Waals surface area contributed by atoms with E-state index in [1.165, 1.54) is 11.8 Å². The highest BCUT2D eigenvalue weighted by Gasteiger charge is 2.12. The standard InChI is InChI=1S/C16H11BrClNOS/c17-10-1-4-12(5-2-10)21-9-16(20)14-8-19-15-7-11(18)3-6-13(14)15/h1-8,19H,9H2. The number of aromatic nitrogens is 1. The molecule has 0 unspecified atom stereocenters. The Kier molecular flexibility index (Phi) is 4.38. The summed E-state index contributed by atoms with van der Waals surface area (Å²) in [5.41, 5.74) is 1.60. The highest BCUT2D eigenvalue weighted by molar-refractivity contribution is 9.10. The van der Waals surface area contributed by atoms with E-state index in [-0.39, 0.29) is 5.78 Å². The van der Waals surface area contributed by atoms with Crippen LogP contribution in [0.2, 0.25) is 5.02 Å². The first kappa shape index (κ1) is 14.7. The summed E-state index contributed by atoms with van der Waals surface area (Å²) in [6.07, 6.45) is 1.76. The number of benzene rings is 2. The number of nitrogens with one attached hydrogen (secondary N) is 1. The zero-order chi connectivity index (χ0) is 14.8. The minimum Gasteiger partial charge on any atom is -0.360 e. The number of thioether (sulfide) groups is 1. The van der Waals surface area contributed by atoms with Crippen LogP contribution in [-0.2, 0) is 0 Å². The molecule has 0 aliphatic carbocycles. The first-order chi connectivity index (χ1) is 10.1. The lowest BCUT2D eigenvalue weighted by molar-refractivity contribution is 0.102. The number of hydrogen-bond donors (Lipinski definition) is 1. The zero-order valence-corrected chi connectivity index (χ0v) is 14.1. The Bertz CT molecular complexity index is 798. The van der Waals surface area contributed by atoms with E-state index in [1.54, 1.807) is 12.3 Å². The van der Waals surface area contributed by atoms with Gasteiger partial charge >= 0.3 is 0 Å². The predicted molar refractivity (Wildman–Crippen MR) is 92.5 cm³/mol. The maximum absolute atomic E-state index is 12.4. The SMILES string of the molecule is O=C(CSc1ccc(Br)cc1)c1c[nH]c2cc(Cl)ccc12. The van der Waals surface area contributed by atoms with Gasteiger partial charge in [-0.2, -0.15) is 0 Å². The summed E-state index contributed by atoms with van der Waals surface area (Å²) < 4.78 is 1.03. The average molecular weight is 381 g/mol. The van der Waals surface area contributed by atoms with Crippen molar-refractivity contribution in [2.45, 2.75) is 4.90 Å². The van der Waals surface area contributed by atoms with Gasteiger partial charge in [0, 0.05) is 37.1 Å². The summed E-state index contributed by atoms with van der Waals surface area (Å²) in [6.45, 7) is 0. The van der Waals surface area contributed by atoms with Gasteiger partial charge in [-0.05, 0) is 36.4 Å². The largest absolute Gasteiger partial charge is 0.360 e. The van der Waals surface area contributed by atoms with Crippen LogP contribution >= 0.6 is 39.3 Å². The third-order valence-electron chi connectivity index (χ3n) is 3.13. The van der Waals surface area contributed by atoms with Crippen LogP contribution in [0.1, 0.15) is 10.4 Å². The molecule has 106 valence electrons. The summed E-state index contributed by atoms with van der Waals surface area (Å²) >= 11 is 10.9. The highest BCUT2D eigenvalue weighted by Crippen LogP contribution is 2.25. The second kappa shape index (κ2) is 6.26. The van der Waals surface area contributed by atoms with Crippen molar-refractivity contribution in [3.8, 4) is 0 Å². The fourth-order valence-electron chi connectivity index (χ4n) is 2.09. The van der Waals surface area contributed by atoms with Crippen molar-refractivity contribution < 1.29 is 4.79 Å². The Morgan fingerprint density at radius 1 is 1.19 bits per heavy atom. The van der Waals surface area contributed by atoms with E-state index in [4.69, 9.17) is 11.6 Å². The molecule has 0 aliphatic heterocycles. The van der Waals surface area contributed by atoms with Gasteiger partial charge in [0.2, 0.25) is 0 Å². The Hall–Kier alpha value is -1.23. The fourth-order valence-corrected chi connectivity index (χ4v) is 3.30. The van der Waals surface area contributed by atoms with E-state index in [2.05, 4.69) is 20.9 Å². The van der Waals surface area contributed by atoms with E-state index in [0.717, 1.165) is 20.3 Å². The molecule has 21 heavy (non-hydrogen) atoms. The van der Waals surface area contributed by atoms with Crippen LogP contribution in [0.5, 0.6) is 0 Å². The van der Waals surface area contributed by atoms with E-state index < -0.39 is 0 Å². The Labute approximate surface area is 140 Å². The van der Waals surface area contributed by atoms with Gasteiger partial charge in [0.25, 0.3) is 0 Å². The number of hydrogen-bond acceptors (Lipinski definition) is 2. The molecule has 1 heterocycles. The molecule has 2 aromatic carbocycles. The molecule has 1 N–H and O–H groups in total. The molecule has 0 radical (unpaired) electrons. The van der Waals surface area contributed by atoms with Crippen molar-refractivity contribution >= 4 is 56.0 Å². The summed E-state index contributed by atoms with van der Waals surface area (Å²) in [5, 5.41) is 1.58. The molecular weight excluding hydrogens is 370 g/mol. The molecule has 5 heteroatoms. The van der Waals surface area contributed by atoms with Crippen LogP contribution in [0.3, 0.4) is 0 Å². The molecule has 0 saturated carbocycles. The van der Waals surface area contributed by atoms with Crippen molar-refractivity contribution in [2.75, 3.05) is 5.75 Å². The van der Waals surface area contributed by atoms with E-state index in [9.17, 15) is 4.79 Å². The second-order valence-electron chi connectivity index (χ2n) is 4.56. The summed E-state index contributed by atoms with van der Waals surface area (Å²) in [4.78, 5) is 16.5. The van der Waals surface area contributed by atoms with Crippen molar-refractivity contribution in [2.24, 2.45) is 0 Å². The van der Waals surface area contributed by atoms with Crippen molar-refractivity contribution in [1.82, 2.24) is 4.98 Å². The van der Waals surface area contributed by atoms with Gasteiger partial charge in [0.1, 0.15) is 0 Å². The number of H-pyrrole nitrogens is 1. The first-order valence-corrected chi connectivity index (χ1v) is 8.47. The van der Waals surface area contributed by atoms with Gasteiger partial charge < -0.3 is 4.98 Å². The van der Waals surface area contributed by atoms with Gasteiger partial charge in [-0.25, -0.2) is 0 Å². The van der Waals surface area contributed by atoms with Gasteiger partial charge in [-0.1, -0.05) is 33.6 Å². The van der Waals surface area contributed by atoms with Crippen LogP contribution < -0.4 is 0 Å². The molecule has 0 saturated heterocycles. The monoisotopic (exact) mass is 379 g/mol. The van der Waals surface area contributed by atoms with E-state index in [1.807, 2.05) is 36.4 Å². The van der Waals surface area contributed by atoms with Crippen molar-refractivity contribution in [3.05, 3.63) is 63.7 Å². The minimum atomic E-state index is 0.108. The number of halogens is 2. The van der Waals surface area contributed by atoms with Gasteiger partial charge in [-0.3, -0.25) is 4.79 Å². The van der Waals surface area contributed by atoms with Crippen LogP contribution in [0.15, 0.2) is 58.0 Å². The third kappa shape index (κ3) is 3.34. The fraction of sp³-hybridized carbons (Fsp3) is 0.0625. The lowest BCUT2D eigenvalue weighted by Crippen LogP contribution is -2.01. The molecule has 0 bridgehead atoms. The number of carbonyl (C=O) groups is 1. The quantitative estimate of drug-likeness (QED) is 0.475. The molecule has 0 aliphatic rings. The molecule has 0 atom stereocenters. The maximum Gasteiger partial charge on any atom is 0.175 e. The average Bonchev–Trinajstić information content (AvgIpc) is 2.89. The van der Waals surface area contributed by atoms with Crippen LogP contribution in [0.25, 0.3) is 10.9 Å². The molecule has 0 spiro atoms. The smallest absolute Gasteiger partial charge is 0.175 e. The topological polar surface area (TPSA) is 32.9 Å².